The van der Waals surface area contributed by atoms with Gasteiger partial charge in [-0.05, 0) is 48.2 Å². The van der Waals surface area contributed by atoms with Gasteiger partial charge in [-0.2, -0.15) is 0 Å². The van der Waals surface area contributed by atoms with Crippen molar-refractivity contribution in [2.45, 2.75) is 30.7 Å². The van der Waals surface area contributed by atoms with Crippen molar-refractivity contribution in [3.63, 3.8) is 0 Å². The number of carbonyl (C=O) groups excluding carboxylic acids is 1. The molecule has 1 fully saturated rings. The third kappa shape index (κ3) is 3.15. The van der Waals surface area contributed by atoms with Crippen LogP contribution in [0.3, 0.4) is 0 Å². The summed E-state index contributed by atoms with van der Waals surface area (Å²) in [5.41, 5.74) is 0.933. The first-order chi connectivity index (χ1) is 14.4. The van der Waals surface area contributed by atoms with E-state index < -0.39 is 10.0 Å². The third-order valence-corrected chi connectivity index (χ3v) is 7.47. The van der Waals surface area contributed by atoms with Crippen LogP contribution in [0.25, 0.3) is 6.08 Å². The molecule has 2 atom stereocenters. The van der Waals surface area contributed by atoms with Crippen molar-refractivity contribution >= 4 is 21.9 Å². The zero-order valence-corrected chi connectivity index (χ0v) is 17.2. The lowest BCUT2D eigenvalue weighted by atomic mass is 10.1. The molecule has 0 spiro atoms. The quantitative estimate of drug-likeness (QED) is 0.590. The van der Waals surface area contributed by atoms with Crippen LogP contribution in [0.1, 0.15) is 46.7 Å². The number of hydrogen-bond donors (Lipinski definition) is 0. The molecule has 5 rings (SSSR count). The average Bonchev–Trinajstić information content (AvgIpc) is 3.30. The molecule has 1 aliphatic heterocycles. The zero-order valence-electron chi connectivity index (χ0n) is 16.4. The Kier molecular flexibility index (Phi) is 4.36. The van der Waals surface area contributed by atoms with Crippen molar-refractivity contribution in [1.82, 2.24) is 9.29 Å². The van der Waals surface area contributed by atoms with Crippen LogP contribution >= 0.6 is 0 Å². The Balaban J connectivity index is 1.62. The number of furan rings is 1. The topological polar surface area (TPSA) is 80.5 Å². The molecule has 1 aliphatic carbocycles. The monoisotopic (exact) mass is 420 g/mol. The smallest absolute Gasteiger partial charge is 0.265 e. The van der Waals surface area contributed by atoms with E-state index in [-0.39, 0.29) is 28.5 Å². The largest absolute Gasteiger partial charge is 0.461 e. The predicted molar refractivity (Wildman–Crippen MR) is 111 cm³/mol. The summed E-state index contributed by atoms with van der Waals surface area (Å²) in [5.74, 6) is 1.98. The van der Waals surface area contributed by atoms with Gasteiger partial charge in [0.05, 0.1) is 11.4 Å². The molecule has 2 unspecified atom stereocenters. The Morgan fingerprint density at radius 2 is 1.97 bits per heavy atom. The number of pyridine rings is 1. The van der Waals surface area contributed by atoms with Crippen LogP contribution in [-0.4, -0.2) is 23.5 Å². The summed E-state index contributed by atoms with van der Waals surface area (Å²) in [6, 6.07) is 13.5. The fourth-order valence-corrected chi connectivity index (χ4v) is 5.48. The molecule has 6 nitrogen and oxygen atoms in total. The van der Waals surface area contributed by atoms with E-state index >= 15 is 0 Å². The van der Waals surface area contributed by atoms with E-state index in [1.165, 1.54) is 12.1 Å². The minimum Gasteiger partial charge on any atom is -0.461 e. The fourth-order valence-electron chi connectivity index (χ4n) is 3.84. The second-order valence-electron chi connectivity index (χ2n) is 7.79. The number of hydrogen-bond acceptors (Lipinski definition) is 5. The number of allylic oxidation sites excluding steroid dienone is 1. The summed E-state index contributed by atoms with van der Waals surface area (Å²) in [4.78, 5) is 17.4. The lowest BCUT2D eigenvalue weighted by molar-refractivity contribution is 0.100. The van der Waals surface area contributed by atoms with Gasteiger partial charge in [-0.1, -0.05) is 25.1 Å². The van der Waals surface area contributed by atoms with Gasteiger partial charge in [0, 0.05) is 30.0 Å². The average molecular weight is 420 g/mol. The molecule has 2 aliphatic rings. The highest BCUT2D eigenvalue weighted by atomic mass is 32.2. The summed E-state index contributed by atoms with van der Waals surface area (Å²) >= 11 is 0. The van der Waals surface area contributed by atoms with E-state index in [0.29, 0.717) is 23.2 Å². The van der Waals surface area contributed by atoms with Gasteiger partial charge in [0.25, 0.3) is 10.0 Å². The van der Waals surface area contributed by atoms with Crippen LogP contribution in [0.4, 0.5) is 0 Å². The van der Waals surface area contributed by atoms with Crippen LogP contribution in [-0.2, 0) is 16.6 Å². The summed E-state index contributed by atoms with van der Waals surface area (Å²) in [5, 5.41) is 0. The van der Waals surface area contributed by atoms with Crippen molar-refractivity contribution in [2.24, 2.45) is 5.92 Å². The maximum Gasteiger partial charge on any atom is 0.265 e. The van der Waals surface area contributed by atoms with Crippen LogP contribution in [0, 0.1) is 5.92 Å². The predicted octanol–water partition coefficient (Wildman–Crippen LogP) is 4.23. The Labute approximate surface area is 174 Å². The number of rotatable bonds is 4. The van der Waals surface area contributed by atoms with Crippen molar-refractivity contribution in [1.29, 1.82) is 0 Å². The van der Waals surface area contributed by atoms with Gasteiger partial charge in [-0.15, -0.1) is 0 Å². The van der Waals surface area contributed by atoms with E-state index in [9.17, 15) is 13.2 Å². The lowest BCUT2D eigenvalue weighted by Crippen LogP contribution is -2.38. The number of carbonyl (C=O) groups is 1. The van der Waals surface area contributed by atoms with Gasteiger partial charge in [-0.25, -0.2) is 8.42 Å². The van der Waals surface area contributed by atoms with Gasteiger partial charge in [0.2, 0.25) is 5.78 Å². The number of benzene rings is 1. The van der Waals surface area contributed by atoms with Gasteiger partial charge >= 0.3 is 0 Å². The Hall–Kier alpha value is -3.19. The number of nitrogens with zero attached hydrogens (tertiary/aromatic N) is 2. The Morgan fingerprint density at radius 1 is 1.17 bits per heavy atom. The van der Waals surface area contributed by atoms with Gasteiger partial charge < -0.3 is 4.42 Å². The Bertz CT molecular complexity index is 1260. The van der Waals surface area contributed by atoms with Crippen LogP contribution < -0.4 is 0 Å². The molecule has 0 saturated heterocycles. The summed E-state index contributed by atoms with van der Waals surface area (Å²) in [7, 11) is -3.91. The highest BCUT2D eigenvalue weighted by molar-refractivity contribution is 7.89. The van der Waals surface area contributed by atoms with E-state index in [1.807, 2.05) is 6.07 Å². The molecular weight excluding hydrogens is 400 g/mol. The van der Waals surface area contributed by atoms with Crippen LogP contribution in [0.15, 0.2) is 75.9 Å². The van der Waals surface area contributed by atoms with E-state index in [4.69, 9.17) is 4.42 Å². The lowest BCUT2D eigenvalue weighted by Gasteiger charge is -2.31. The molecule has 1 saturated carbocycles. The second kappa shape index (κ2) is 6.95. The fraction of sp³-hybridized carbons (Fsp3) is 0.217. The summed E-state index contributed by atoms with van der Waals surface area (Å²) < 4.78 is 33.9. The Morgan fingerprint density at radius 3 is 2.70 bits per heavy atom. The molecule has 0 N–H and O–H groups in total. The van der Waals surface area contributed by atoms with Gasteiger partial charge in [0.15, 0.2) is 0 Å². The number of ketones is 1. The second-order valence-corrected chi connectivity index (χ2v) is 9.62. The number of fused-ring (bicyclic) bond motifs is 1. The van der Waals surface area contributed by atoms with Crippen LogP contribution in [0.5, 0.6) is 0 Å². The third-order valence-electron chi connectivity index (χ3n) is 5.65. The summed E-state index contributed by atoms with van der Waals surface area (Å²) in [6.45, 7) is 2.17. The van der Waals surface area contributed by atoms with Crippen molar-refractivity contribution in [3.8, 4) is 0 Å². The normalized spacial score (nSPS) is 23.4. The molecule has 1 aromatic carbocycles. The summed E-state index contributed by atoms with van der Waals surface area (Å²) in [6.07, 6.45) is 5.83. The minimum absolute atomic E-state index is 0.00923. The molecule has 3 aromatic rings. The highest BCUT2D eigenvalue weighted by Gasteiger charge is 2.40. The first kappa shape index (κ1) is 18.8. The van der Waals surface area contributed by atoms with Crippen molar-refractivity contribution in [2.75, 3.05) is 0 Å². The SMILES string of the molecule is CC1CC1c1ccc(C=C2C(=O)c3ccccc3S(=O)(=O)N2Cc2cccnc2)o1. The first-order valence-corrected chi connectivity index (χ1v) is 11.3. The minimum atomic E-state index is -3.91. The first-order valence-electron chi connectivity index (χ1n) is 9.82. The maximum absolute atomic E-state index is 13.4. The van der Waals surface area contributed by atoms with E-state index in [1.54, 1.807) is 48.8 Å². The van der Waals surface area contributed by atoms with Crippen LogP contribution in [0.2, 0.25) is 0 Å². The molecule has 0 amide bonds. The molecule has 7 heteroatoms. The van der Waals surface area contributed by atoms with Crippen molar-refractivity contribution in [3.05, 3.63) is 89.3 Å². The molecular formula is C23H20N2O4S. The molecule has 0 radical (unpaired) electrons. The molecule has 0 bridgehead atoms. The maximum atomic E-state index is 13.4. The van der Waals surface area contributed by atoms with Gasteiger partial charge in [0.1, 0.15) is 17.2 Å². The number of sulfonamides is 1. The highest BCUT2D eigenvalue weighted by Crippen LogP contribution is 2.47. The number of aromatic nitrogens is 1. The number of Topliss-reactive ketones (excluding diaryl/α,β-unsaturated/α-hetero) is 1. The molecule has 152 valence electrons. The van der Waals surface area contributed by atoms with E-state index in [2.05, 4.69) is 11.9 Å². The van der Waals surface area contributed by atoms with E-state index in [0.717, 1.165) is 16.5 Å². The molecule has 3 heterocycles. The van der Waals surface area contributed by atoms with Crippen molar-refractivity contribution < 1.29 is 17.6 Å². The zero-order chi connectivity index (χ0) is 20.9. The molecule has 2 aromatic heterocycles. The molecule has 30 heavy (non-hydrogen) atoms. The standard InChI is InChI=1S/C23H20N2O4S/c1-15-11-19(15)21-9-8-17(29-21)12-20-23(26)18-6-2-3-7-22(18)30(27,28)25(20)14-16-5-4-10-24-13-16/h2-10,12-13,15,19H,11,14H2,1H3. The van der Waals surface area contributed by atoms with Gasteiger partial charge in [-0.3, -0.25) is 14.1 Å².